The van der Waals surface area contributed by atoms with Crippen LogP contribution in [0.15, 0.2) is 15.9 Å². The number of hydrogen-bond acceptors (Lipinski definition) is 3. The lowest BCUT2D eigenvalue weighted by molar-refractivity contribution is -0.131. The average Bonchev–Trinajstić information content (AvgIpc) is 2.63. The summed E-state index contributed by atoms with van der Waals surface area (Å²) >= 11 is 4.94. The number of thiophene rings is 1. The van der Waals surface area contributed by atoms with Crippen molar-refractivity contribution < 1.29 is 9.90 Å². The van der Waals surface area contributed by atoms with Crippen LogP contribution in [0.1, 0.15) is 17.7 Å². The maximum Gasteiger partial charge on any atom is 0.230 e. The van der Waals surface area contributed by atoms with Crippen molar-refractivity contribution in [3.8, 4) is 0 Å². The molecule has 1 amide bonds. The van der Waals surface area contributed by atoms with Crippen molar-refractivity contribution in [2.45, 2.75) is 12.8 Å². The van der Waals surface area contributed by atoms with E-state index in [4.69, 9.17) is 5.11 Å². The van der Waals surface area contributed by atoms with E-state index in [1.54, 1.807) is 23.3 Å². The van der Waals surface area contributed by atoms with E-state index < -0.39 is 0 Å². The van der Waals surface area contributed by atoms with Crippen LogP contribution in [0.4, 0.5) is 0 Å². The van der Waals surface area contributed by atoms with Crippen LogP contribution in [0.25, 0.3) is 0 Å². The molecule has 0 aliphatic rings. The van der Waals surface area contributed by atoms with E-state index in [1.807, 2.05) is 19.1 Å². The number of carbonyl (C=O) groups is 1. The summed E-state index contributed by atoms with van der Waals surface area (Å²) in [5, 5.41) is 8.74. The van der Waals surface area contributed by atoms with Gasteiger partial charge < -0.3 is 10.0 Å². The zero-order chi connectivity index (χ0) is 11.4. The van der Waals surface area contributed by atoms with E-state index in [0.29, 0.717) is 6.54 Å². The second-order valence-electron chi connectivity index (χ2n) is 3.35. The predicted octanol–water partition coefficient (Wildman–Crippen LogP) is 2.06. The largest absolute Gasteiger partial charge is 0.395 e. The fourth-order valence-corrected chi connectivity index (χ4v) is 2.74. The first-order valence-electron chi connectivity index (χ1n) is 4.67. The Kier molecular flexibility index (Phi) is 4.76. The highest BCUT2D eigenvalue weighted by Gasteiger charge is 2.20. The predicted molar refractivity (Wildman–Crippen MR) is 65.2 cm³/mol. The van der Waals surface area contributed by atoms with Crippen LogP contribution in [-0.4, -0.2) is 36.1 Å². The van der Waals surface area contributed by atoms with E-state index >= 15 is 0 Å². The third-order valence-corrected chi connectivity index (χ3v) is 4.01. The van der Waals surface area contributed by atoms with Crippen LogP contribution in [-0.2, 0) is 4.79 Å². The summed E-state index contributed by atoms with van der Waals surface area (Å²) in [5.41, 5.74) is 0. The van der Waals surface area contributed by atoms with Gasteiger partial charge in [0, 0.05) is 18.5 Å². The third kappa shape index (κ3) is 3.29. The maximum atomic E-state index is 11.8. The van der Waals surface area contributed by atoms with Crippen LogP contribution in [0.5, 0.6) is 0 Å². The van der Waals surface area contributed by atoms with Gasteiger partial charge in [-0.3, -0.25) is 4.79 Å². The van der Waals surface area contributed by atoms with Crippen molar-refractivity contribution in [3.05, 3.63) is 20.8 Å². The van der Waals surface area contributed by atoms with Crippen LogP contribution in [0.3, 0.4) is 0 Å². The number of nitrogens with zero attached hydrogens (tertiary/aromatic N) is 1. The monoisotopic (exact) mass is 291 g/mol. The summed E-state index contributed by atoms with van der Waals surface area (Å²) in [6.45, 7) is 2.27. The number of likely N-dealkylation sites (N-methyl/N-ethyl adjacent to an activating group) is 1. The molecule has 0 spiro atoms. The maximum absolute atomic E-state index is 11.8. The van der Waals surface area contributed by atoms with Gasteiger partial charge in [-0.2, -0.15) is 0 Å². The lowest BCUT2D eigenvalue weighted by Crippen LogP contribution is -2.32. The van der Waals surface area contributed by atoms with E-state index in [1.165, 1.54) is 0 Å². The Hall–Kier alpha value is -0.390. The Labute approximate surface area is 102 Å². The molecule has 1 aromatic heterocycles. The number of aliphatic hydroxyl groups is 1. The Bertz CT molecular complexity index is 340. The lowest BCUT2D eigenvalue weighted by Gasteiger charge is -2.19. The average molecular weight is 292 g/mol. The van der Waals surface area contributed by atoms with Gasteiger partial charge in [-0.25, -0.2) is 0 Å². The summed E-state index contributed by atoms with van der Waals surface area (Å²) in [6.07, 6.45) is 0. The SMILES string of the molecule is CC(C(=O)N(C)CCO)c1ccc(Br)s1. The number of hydrogen-bond donors (Lipinski definition) is 1. The van der Waals surface area contributed by atoms with Crippen LogP contribution in [0, 0.1) is 0 Å². The number of rotatable bonds is 4. The van der Waals surface area contributed by atoms with Crippen molar-refractivity contribution in [1.29, 1.82) is 0 Å². The molecule has 1 heterocycles. The molecule has 0 aliphatic heterocycles. The van der Waals surface area contributed by atoms with Gasteiger partial charge in [0.15, 0.2) is 0 Å². The molecule has 0 bridgehead atoms. The third-order valence-electron chi connectivity index (χ3n) is 2.20. The minimum absolute atomic E-state index is 0.00307. The summed E-state index contributed by atoms with van der Waals surface area (Å²) in [4.78, 5) is 14.4. The molecule has 1 N–H and O–H groups in total. The van der Waals surface area contributed by atoms with E-state index in [9.17, 15) is 4.79 Å². The topological polar surface area (TPSA) is 40.5 Å². The molecule has 84 valence electrons. The summed E-state index contributed by atoms with van der Waals surface area (Å²) in [7, 11) is 1.71. The molecule has 5 heteroatoms. The molecule has 0 fully saturated rings. The second kappa shape index (κ2) is 5.63. The van der Waals surface area contributed by atoms with Gasteiger partial charge in [0.05, 0.1) is 16.3 Å². The van der Waals surface area contributed by atoms with Gasteiger partial charge >= 0.3 is 0 Å². The number of carbonyl (C=O) groups excluding carboxylic acids is 1. The zero-order valence-electron chi connectivity index (χ0n) is 8.74. The Balaban J connectivity index is 2.68. The van der Waals surface area contributed by atoms with E-state index in [2.05, 4.69) is 15.9 Å². The molecule has 1 unspecified atom stereocenters. The Morgan fingerprint density at radius 1 is 1.67 bits per heavy atom. The van der Waals surface area contributed by atoms with Crippen LogP contribution >= 0.6 is 27.3 Å². The molecule has 1 aromatic rings. The standard InChI is InChI=1S/C10H14BrNO2S/c1-7(8-3-4-9(11)15-8)10(14)12(2)5-6-13/h3-4,7,13H,5-6H2,1-2H3. The fourth-order valence-electron chi connectivity index (χ4n) is 1.27. The van der Waals surface area contributed by atoms with Crippen molar-refractivity contribution >= 4 is 33.2 Å². The Morgan fingerprint density at radius 2 is 2.33 bits per heavy atom. The quantitative estimate of drug-likeness (QED) is 0.923. The summed E-state index contributed by atoms with van der Waals surface area (Å²) in [5.74, 6) is -0.101. The number of amides is 1. The van der Waals surface area contributed by atoms with Gasteiger partial charge in [0.25, 0.3) is 0 Å². The molecule has 1 atom stereocenters. The number of halogens is 1. The van der Waals surface area contributed by atoms with E-state index in [0.717, 1.165) is 8.66 Å². The molecule has 0 saturated heterocycles. The molecule has 15 heavy (non-hydrogen) atoms. The van der Waals surface area contributed by atoms with Crippen molar-refractivity contribution in [2.24, 2.45) is 0 Å². The molecule has 1 rings (SSSR count). The first-order chi connectivity index (χ1) is 7.06. The van der Waals surface area contributed by atoms with Crippen LogP contribution < -0.4 is 0 Å². The smallest absolute Gasteiger partial charge is 0.230 e. The van der Waals surface area contributed by atoms with Crippen molar-refractivity contribution in [2.75, 3.05) is 20.2 Å². The molecular weight excluding hydrogens is 278 g/mol. The highest BCUT2D eigenvalue weighted by atomic mass is 79.9. The normalized spacial score (nSPS) is 12.5. The van der Waals surface area contributed by atoms with Gasteiger partial charge in [-0.1, -0.05) is 0 Å². The molecular formula is C10H14BrNO2S. The summed E-state index contributed by atoms with van der Waals surface area (Å²) < 4.78 is 1.03. The van der Waals surface area contributed by atoms with Gasteiger partial charge in [-0.15, -0.1) is 11.3 Å². The molecule has 0 aromatic carbocycles. The first-order valence-corrected chi connectivity index (χ1v) is 6.28. The zero-order valence-corrected chi connectivity index (χ0v) is 11.1. The number of aliphatic hydroxyl groups excluding tert-OH is 1. The molecule has 3 nitrogen and oxygen atoms in total. The highest BCUT2D eigenvalue weighted by Crippen LogP contribution is 2.29. The van der Waals surface area contributed by atoms with Crippen molar-refractivity contribution in [3.63, 3.8) is 0 Å². The van der Waals surface area contributed by atoms with Gasteiger partial charge in [0.1, 0.15) is 0 Å². The second-order valence-corrected chi connectivity index (χ2v) is 5.84. The molecule has 0 aliphatic carbocycles. The van der Waals surface area contributed by atoms with E-state index in [-0.39, 0.29) is 18.4 Å². The highest BCUT2D eigenvalue weighted by molar-refractivity contribution is 9.11. The minimum Gasteiger partial charge on any atom is -0.395 e. The first kappa shape index (κ1) is 12.7. The molecule has 0 radical (unpaired) electrons. The fraction of sp³-hybridized carbons (Fsp3) is 0.500. The van der Waals surface area contributed by atoms with Gasteiger partial charge in [0.2, 0.25) is 5.91 Å². The Morgan fingerprint density at radius 3 is 2.80 bits per heavy atom. The van der Waals surface area contributed by atoms with Gasteiger partial charge in [-0.05, 0) is 35.0 Å². The van der Waals surface area contributed by atoms with Crippen LogP contribution in [0.2, 0.25) is 0 Å². The minimum atomic E-state index is -0.141. The van der Waals surface area contributed by atoms with Crippen molar-refractivity contribution in [1.82, 2.24) is 4.90 Å². The summed E-state index contributed by atoms with van der Waals surface area (Å²) in [6, 6.07) is 3.89. The lowest BCUT2D eigenvalue weighted by atomic mass is 10.1. The molecule has 0 saturated carbocycles.